The van der Waals surface area contributed by atoms with Gasteiger partial charge in [0.1, 0.15) is 12.4 Å². The molecule has 0 spiro atoms. The zero-order valence-corrected chi connectivity index (χ0v) is 18.1. The fourth-order valence-electron chi connectivity index (χ4n) is 6.99. The number of fused-ring (bicyclic) bond motifs is 4. The van der Waals surface area contributed by atoms with E-state index >= 15 is 0 Å². The van der Waals surface area contributed by atoms with Crippen molar-refractivity contribution >= 4 is 44.2 Å². The largest absolute Gasteiger partial charge is 0.415 e. The molecule has 0 bridgehead atoms. The summed E-state index contributed by atoms with van der Waals surface area (Å²) in [4.78, 5) is 0. The topological polar surface area (TPSA) is 3.88 Å². The standard InChI is InChI=1S/C31H20BN/c1-2-19-33(20-3-1)32-27-17-6-11-21-9-4-13-23(29(21)27)25-15-8-16-26(31(25)32)24-14-5-10-22-12-7-18-28(32)30(22)24/h1-20H. The molecule has 2 aliphatic rings. The minimum absolute atomic E-state index is 1.31. The molecule has 6 aromatic rings. The Morgan fingerprint density at radius 3 is 1.42 bits per heavy atom. The van der Waals surface area contributed by atoms with Crippen LogP contribution in [0.1, 0.15) is 0 Å². The van der Waals surface area contributed by atoms with Gasteiger partial charge in [-0.05, 0) is 55.9 Å². The molecule has 0 atom stereocenters. The molecule has 8 rings (SSSR count). The maximum Gasteiger partial charge on any atom is 0.362 e. The number of rotatable bonds is 1. The highest BCUT2D eigenvalue weighted by atomic mass is 14.9. The molecule has 0 amide bonds. The molecule has 0 fully saturated rings. The van der Waals surface area contributed by atoms with E-state index in [2.05, 4.69) is 126 Å². The van der Waals surface area contributed by atoms with Crippen LogP contribution in [-0.4, -0.2) is 6.28 Å². The van der Waals surface area contributed by atoms with Crippen molar-refractivity contribution in [1.29, 1.82) is 0 Å². The molecular formula is C31H20BN. The molecule has 5 aromatic carbocycles. The first-order chi connectivity index (χ1) is 16.4. The number of hydrogen-bond acceptors (Lipinski definition) is 0. The van der Waals surface area contributed by atoms with Crippen LogP contribution < -0.4 is 20.9 Å². The molecule has 0 aliphatic carbocycles. The molecule has 3 heterocycles. The van der Waals surface area contributed by atoms with E-state index in [1.807, 2.05) is 0 Å². The Kier molecular flexibility index (Phi) is 3.16. The third-order valence-electron chi connectivity index (χ3n) is 8.06. The molecule has 0 radical (unpaired) electrons. The second kappa shape index (κ2) is 5.99. The average molecular weight is 417 g/mol. The molecule has 1 aromatic heterocycles. The Bertz CT molecular complexity index is 1650. The van der Waals surface area contributed by atoms with Crippen LogP contribution in [-0.2, 0) is 0 Å². The maximum atomic E-state index is 2.50. The maximum absolute atomic E-state index is 2.50. The molecular weight excluding hydrogens is 397 g/mol. The van der Waals surface area contributed by atoms with Crippen LogP contribution in [0, 0.1) is 0 Å². The molecule has 2 heteroatoms. The van der Waals surface area contributed by atoms with E-state index in [1.165, 1.54) is 60.2 Å². The molecule has 0 saturated carbocycles. The zero-order chi connectivity index (χ0) is 21.6. The number of aromatic nitrogens is 1. The summed E-state index contributed by atoms with van der Waals surface area (Å²) in [6.45, 7) is 0. The lowest BCUT2D eigenvalue weighted by Crippen LogP contribution is -2.86. The molecule has 152 valence electrons. The van der Waals surface area contributed by atoms with Crippen LogP contribution in [0.2, 0.25) is 0 Å². The Morgan fingerprint density at radius 2 is 0.879 bits per heavy atom. The van der Waals surface area contributed by atoms with Gasteiger partial charge in [-0.3, -0.25) is 0 Å². The van der Waals surface area contributed by atoms with E-state index < -0.39 is 6.28 Å². The quantitative estimate of drug-likeness (QED) is 0.339. The highest BCUT2D eigenvalue weighted by Gasteiger charge is 2.51. The summed E-state index contributed by atoms with van der Waals surface area (Å²) < 4.78 is 2.50. The van der Waals surface area contributed by atoms with Crippen LogP contribution >= 0.6 is 0 Å². The van der Waals surface area contributed by atoms with Gasteiger partial charge in [-0.25, -0.2) is 0 Å². The molecule has 33 heavy (non-hydrogen) atoms. The van der Waals surface area contributed by atoms with Crippen LogP contribution in [0.4, 0.5) is 0 Å². The lowest BCUT2D eigenvalue weighted by Gasteiger charge is -2.46. The Labute approximate surface area is 192 Å². The summed E-state index contributed by atoms with van der Waals surface area (Å²) in [5.41, 5.74) is 9.70. The van der Waals surface area contributed by atoms with E-state index in [-0.39, 0.29) is 0 Å². The van der Waals surface area contributed by atoms with Crippen LogP contribution in [0.15, 0.2) is 122 Å². The van der Waals surface area contributed by atoms with Crippen LogP contribution in [0.3, 0.4) is 0 Å². The van der Waals surface area contributed by atoms with Gasteiger partial charge >= 0.3 is 6.28 Å². The van der Waals surface area contributed by atoms with Gasteiger partial charge in [-0.1, -0.05) is 97.1 Å². The van der Waals surface area contributed by atoms with E-state index in [9.17, 15) is 0 Å². The van der Waals surface area contributed by atoms with Gasteiger partial charge in [-0.15, -0.1) is 16.4 Å². The van der Waals surface area contributed by atoms with Crippen molar-refractivity contribution in [2.75, 3.05) is 0 Å². The van der Waals surface area contributed by atoms with Crippen LogP contribution in [0.5, 0.6) is 0 Å². The molecule has 0 N–H and O–H groups in total. The number of pyridine rings is 1. The van der Waals surface area contributed by atoms with Crippen molar-refractivity contribution in [1.82, 2.24) is 0 Å². The van der Waals surface area contributed by atoms with Crippen LogP contribution in [0.25, 0.3) is 43.8 Å². The van der Waals surface area contributed by atoms with Gasteiger partial charge in [0, 0.05) is 0 Å². The van der Waals surface area contributed by atoms with Crippen molar-refractivity contribution in [3.63, 3.8) is 0 Å². The molecule has 0 unspecified atom stereocenters. The Balaban J connectivity index is 1.74. The van der Waals surface area contributed by atoms with Crippen molar-refractivity contribution < 1.29 is 4.48 Å². The average Bonchev–Trinajstić information content (AvgIpc) is 2.89. The minimum atomic E-state index is -1.41. The third-order valence-corrected chi connectivity index (χ3v) is 8.06. The van der Waals surface area contributed by atoms with Crippen molar-refractivity contribution in [2.45, 2.75) is 0 Å². The number of benzene rings is 5. The molecule has 0 saturated heterocycles. The minimum Gasteiger partial charge on any atom is -0.415 e. The second-order valence-electron chi connectivity index (χ2n) is 9.41. The van der Waals surface area contributed by atoms with Crippen molar-refractivity contribution in [3.8, 4) is 22.3 Å². The fourth-order valence-corrected chi connectivity index (χ4v) is 6.99. The van der Waals surface area contributed by atoms with Gasteiger partial charge in [0.05, 0.1) is 0 Å². The summed E-state index contributed by atoms with van der Waals surface area (Å²) in [7, 11) is 0. The summed E-state index contributed by atoms with van der Waals surface area (Å²) in [6.07, 6.45) is 3.12. The molecule has 2 aliphatic heterocycles. The fraction of sp³-hybridized carbons (Fsp3) is 0. The van der Waals surface area contributed by atoms with Gasteiger partial charge in [0.15, 0.2) is 0 Å². The summed E-state index contributed by atoms with van der Waals surface area (Å²) in [5.74, 6) is 0. The van der Waals surface area contributed by atoms with Crippen molar-refractivity contribution in [2.24, 2.45) is 0 Å². The first kappa shape index (κ1) is 17.4. The highest BCUT2D eigenvalue weighted by molar-refractivity contribution is 7.10. The highest BCUT2D eigenvalue weighted by Crippen LogP contribution is 2.40. The van der Waals surface area contributed by atoms with Gasteiger partial charge in [-0.2, -0.15) is 0 Å². The van der Waals surface area contributed by atoms with E-state index in [0.29, 0.717) is 0 Å². The lowest BCUT2D eigenvalue weighted by molar-refractivity contribution is -0.539. The van der Waals surface area contributed by atoms with E-state index in [4.69, 9.17) is 0 Å². The SMILES string of the molecule is c1cc[n+]([B-]23c4c(cccc4-c4cccc5cccc2c45)-c2cccc4cccc3c24)cc1. The number of nitrogens with zero attached hydrogens (tertiary/aromatic N) is 1. The zero-order valence-electron chi connectivity index (χ0n) is 18.1. The predicted molar refractivity (Wildman–Crippen MR) is 139 cm³/mol. The lowest BCUT2D eigenvalue weighted by atomic mass is 9.19. The summed E-state index contributed by atoms with van der Waals surface area (Å²) in [6, 6.07) is 40.6. The number of hydrogen-bond donors (Lipinski definition) is 0. The van der Waals surface area contributed by atoms with Gasteiger partial charge in [0.25, 0.3) is 0 Å². The first-order valence-corrected chi connectivity index (χ1v) is 11.7. The Morgan fingerprint density at radius 1 is 0.424 bits per heavy atom. The summed E-state index contributed by atoms with van der Waals surface area (Å²) >= 11 is 0. The predicted octanol–water partition coefficient (Wildman–Crippen LogP) is 4.76. The summed E-state index contributed by atoms with van der Waals surface area (Å²) in [5, 5.41) is 5.39. The van der Waals surface area contributed by atoms with E-state index in [0.717, 1.165) is 0 Å². The van der Waals surface area contributed by atoms with Gasteiger partial charge < -0.3 is 4.48 Å². The second-order valence-corrected chi connectivity index (χ2v) is 9.41. The molecule has 1 nitrogen and oxygen atoms in total. The van der Waals surface area contributed by atoms with E-state index in [1.54, 1.807) is 0 Å². The smallest absolute Gasteiger partial charge is 0.362 e. The monoisotopic (exact) mass is 417 g/mol. The normalized spacial score (nSPS) is 14.3. The van der Waals surface area contributed by atoms with Gasteiger partial charge in [0.2, 0.25) is 0 Å². The first-order valence-electron chi connectivity index (χ1n) is 11.7. The Hall–Kier alpha value is -4.17. The van der Waals surface area contributed by atoms with Crippen molar-refractivity contribution in [3.05, 3.63) is 122 Å². The third kappa shape index (κ3) is 1.94.